The standard InChI is InChI=1S/C20H24Cl2F2N4O2.C8H7F.CH4O/c1-12(29)26-4-2-15(3-5-26)27-8-14(9-27)25-13-6-16(21)18(17(22)7-13)19(30)28-10-20(23,24)11-28;1-2-7-4-3-5-8(9)6-7;1-2/h6-7,14-15,25H,2-5,8-11H2,1H3;2-6H,1H2;2H,1H3. The molecule has 3 aliphatic rings. The van der Waals surface area contributed by atoms with Crippen molar-refractivity contribution in [1.82, 2.24) is 14.7 Å². The molecule has 2 amide bonds. The zero-order valence-electron chi connectivity index (χ0n) is 23.1. The first-order chi connectivity index (χ1) is 19.5. The zero-order chi connectivity index (χ0) is 30.3. The summed E-state index contributed by atoms with van der Waals surface area (Å²) in [4.78, 5) is 29.2. The van der Waals surface area contributed by atoms with Gasteiger partial charge in [-0.2, -0.15) is 0 Å². The van der Waals surface area contributed by atoms with Crippen LogP contribution in [0.25, 0.3) is 6.08 Å². The molecule has 0 aromatic heterocycles. The zero-order valence-corrected chi connectivity index (χ0v) is 24.6. The van der Waals surface area contributed by atoms with Crippen molar-refractivity contribution in [3.8, 4) is 0 Å². The van der Waals surface area contributed by atoms with Crippen molar-refractivity contribution in [3.05, 3.63) is 70.0 Å². The van der Waals surface area contributed by atoms with Gasteiger partial charge in [0.05, 0.1) is 34.7 Å². The summed E-state index contributed by atoms with van der Waals surface area (Å²) < 4.78 is 38.4. The minimum absolute atomic E-state index is 0.0619. The summed E-state index contributed by atoms with van der Waals surface area (Å²) in [5.74, 6) is -3.49. The van der Waals surface area contributed by atoms with Crippen LogP contribution < -0.4 is 5.32 Å². The van der Waals surface area contributed by atoms with E-state index in [1.54, 1.807) is 37.3 Å². The van der Waals surface area contributed by atoms with Crippen LogP contribution in [0, 0.1) is 5.82 Å². The lowest BCUT2D eigenvalue weighted by molar-refractivity contribution is -0.130. The molecule has 224 valence electrons. The molecule has 0 unspecified atom stereocenters. The molecule has 2 aromatic carbocycles. The molecule has 0 saturated carbocycles. The number of likely N-dealkylation sites (tertiary alicyclic amines) is 3. The maximum atomic E-state index is 13.0. The number of aliphatic hydroxyl groups excluding tert-OH is 1. The molecular weight excluding hydrogens is 580 g/mol. The highest BCUT2D eigenvalue weighted by Crippen LogP contribution is 2.35. The van der Waals surface area contributed by atoms with Crippen molar-refractivity contribution >= 4 is 46.8 Å². The normalized spacial score (nSPS) is 18.5. The molecule has 0 aliphatic carbocycles. The SMILES string of the molecule is C=Cc1cccc(F)c1.CC(=O)N1CCC(N2CC(Nc3cc(Cl)c(C(=O)N4CC(F)(F)C4)c(Cl)c3)C2)CC1.CO. The predicted octanol–water partition coefficient (Wildman–Crippen LogP) is 5.27. The van der Waals surface area contributed by atoms with E-state index in [0.29, 0.717) is 11.7 Å². The van der Waals surface area contributed by atoms with E-state index in [2.05, 4.69) is 16.8 Å². The van der Waals surface area contributed by atoms with Crippen LogP contribution in [0.4, 0.5) is 18.9 Å². The molecular formula is C29H35Cl2F3N4O3. The summed E-state index contributed by atoms with van der Waals surface area (Å²) in [6.45, 7) is 7.26. The number of rotatable bonds is 5. The molecule has 3 heterocycles. The second kappa shape index (κ2) is 14.4. The lowest BCUT2D eigenvalue weighted by Gasteiger charge is -2.47. The van der Waals surface area contributed by atoms with Crippen LogP contribution >= 0.6 is 23.2 Å². The molecule has 3 aliphatic heterocycles. The molecule has 2 aromatic rings. The van der Waals surface area contributed by atoms with Crippen LogP contribution in [0.15, 0.2) is 43.0 Å². The van der Waals surface area contributed by atoms with Crippen molar-refractivity contribution in [2.45, 2.75) is 37.8 Å². The van der Waals surface area contributed by atoms with Gasteiger partial charge in [0.1, 0.15) is 5.82 Å². The van der Waals surface area contributed by atoms with Gasteiger partial charge in [-0.3, -0.25) is 14.5 Å². The molecule has 0 atom stereocenters. The minimum atomic E-state index is -2.84. The number of amides is 2. The van der Waals surface area contributed by atoms with E-state index in [1.807, 2.05) is 4.90 Å². The number of piperidine rings is 1. The first-order valence-corrected chi connectivity index (χ1v) is 14.0. The summed E-state index contributed by atoms with van der Waals surface area (Å²) >= 11 is 12.5. The molecule has 3 saturated heterocycles. The molecule has 0 radical (unpaired) electrons. The maximum absolute atomic E-state index is 13.0. The number of benzene rings is 2. The summed E-state index contributed by atoms with van der Waals surface area (Å²) in [6, 6.07) is 10.3. The lowest BCUT2D eigenvalue weighted by Crippen LogP contribution is -2.60. The number of alkyl halides is 2. The van der Waals surface area contributed by atoms with Crippen molar-refractivity contribution < 1.29 is 27.9 Å². The van der Waals surface area contributed by atoms with E-state index in [9.17, 15) is 22.8 Å². The summed E-state index contributed by atoms with van der Waals surface area (Å²) in [6.07, 6.45) is 3.58. The second-order valence-electron chi connectivity index (χ2n) is 10.1. The van der Waals surface area contributed by atoms with E-state index in [4.69, 9.17) is 28.3 Å². The number of carbonyl (C=O) groups excluding carboxylic acids is 2. The van der Waals surface area contributed by atoms with Crippen molar-refractivity contribution in [2.24, 2.45) is 0 Å². The maximum Gasteiger partial charge on any atom is 0.282 e. The molecule has 3 fully saturated rings. The highest BCUT2D eigenvalue weighted by molar-refractivity contribution is 6.40. The molecule has 5 rings (SSSR count). The Morgan fingerprint density at radius 1 is 1.05 bits per heavy atom. The Morgan fingerprint density at radius 2 is 1.63 bits per heavy atom. The molecule has 0 spiro atoms. The smallest absolute Gasteiger partial charge is 0.282 e. The number of hydrogen-bond acceptors (Lipinski definition) is 5. The van der Waals surface area contributed by atoms with E-state index in [1.165, 1.54) is 12.1 Å². The number of aliphatic hydroxyl groups is 1. The van der Waals surface area contributed by atoms with E-state index < -0.39 is 24.9 Å². The van der Waals surface area contributed by atoms with Crippen LogP contribution in [0.2, 0.25) is 10.0 Å². The molecule has 12 heteroatoms. The Balaban J connectivity index is 0.000000355. The summed E-state index contributed by atoms with van der Waals surface area (Å²) in [5, 5.41) is 10.7. The Morgan fingerprint density at radius 3 is 2.10 bits per heavy atom. The Kier molecular flexibility index (Phi) is 11.5. The Hall–Kier alpha value is -2.79. The van der Waals surface area contributed by atoms with E-state index in [0.717, 1.165) is 56.6 Å². The van der Waals surface area contributed by atoms with E-state index >= 15 is 0 Å². The molecule has 7 nitrogen and oxygen atoms in total. The molecule has 2 N–H and O–H groups in total. The fourth-order valence-electron chi connectivity index (χ4n) is 4.99. The lowest BCUT2D eigenvalue weighted by atomic mass is 9.97. The predicted molar refractivity (Wildman–Crippen MR) is 156 cm³/mol. The number of anilines is 1. The topological polar surface area (TPSA) is 76.1 Å². The minimum Gasteiger partial charge on any atom is -0.400 e. The fraction of sp³-hybridized carbons (Fsp3) is 0.448. The quantitative estimate of drug-likeness (QED) is 0.480. The first-order valence-electron chi connectivity index (χ1n) is 13.2. The van der Waals surface area contributed by atoms with Gasteiger partial charge in [0.2, 0.25) is 5.91 Å². The van der Waals surface area contributed by atoms with Gasteiger partial charge in [-0.1, -0.05) is 48.0 Å². The van der Waals surface area contributed by atoms with Gasteiger partial charge in [0.15, 0.2) is 0 Å². The highest BCUT2D eigenvalue weighted by atomic mass is 35.5. The van der Waals surface area contributed by atoms with Crippen LogP contribution in [0.1, 0.15) is 35.7 Å². The molecule has 0 bridgehead atoms. The number of nitrogens with zero attached hydrogens (tertiary/aromatic N) is 3. The summed E-state index contributed by atoms with van der Waals surface area (Å²) in [7, 11) is 1.00. The first kappa shape index (κ1) is 32.7. The van der Waals surface area contributed by atoms with E-state index in [-0.39, 0.29) is 33.4 Å². The fourth-order valence-corrected chi connectivity index (χ4v) is 5.64. The Labute approximate surface area is 248 Å². The van der Waals surface area contributed by atoms with Gasteiger partial charge in [0.25, 0.3) is 11.8 Å². The van der Waals surface area contributed by atoms with Gasteiger partial charge in [-0.15, -0.1) is 0 Å². The van der Waals surface area contributed by atoms with Gasteiger partial charge in [0, 0.05) is 51.9 Å². The number of halogens is 5. The van der Waals surface area contributed by atoms with Gasteiger partial charge in [-0.05, 0) is 42.7 Å². The van der Waals surface area contributed by atoms with Crippen LogP contribution in [-0.4, -0.2) is 96.0 Å². The van der Waals surface area contributed by atoms with Crippen LogP contribution in [0.5, 0.6) is 0 Å². The second-order valence-corrected chi connectivity index (χ2v) is 10.9. The van der Waals surface area contributed by atoms with Crippen LogP contribution in [0.3, 0.4) is 0 Å². The monoisotopic (exact) mass is 614 g/mol. The number of nitrogens with one attached hydrogen (secondary N) is 1. The highest BCUT2D eigenvalue weighted by Gasteiger charge is 2.47. The number of carbonyl (C=O) groups is 2. The van der Waals surface area contributed by atoms with Crippen molar-refractivity contribution in [1.29, 1.82) is 0 Å². The van der Waals surface area contributed by atoms with Gasteiger partial charge < -0.3 is 20.2 Å². The van der Waals surface area contributed by atoms with Gasteiger partial charge >= 0.3 is 0 Å². The summed E-state index contributed by atoms with van der Waals surface area (Å²) in [5.41, 5.74) is 1.58. The average Bonchev–Trinajstić information content (AvgIpc) is 2.90. The largest absolute Gasteiger partial charge is 0.400 e. The Bertz CT molecular complexity index is 1200. The third-order valence-corrected chi connectivity index (χ3v) is 7.77. The average molecular weight is 616 g/mol. The molecule has 41 heavy (non-hydrogen) atoms. The van der Waals surface area contributed by atoms with Crippen LogP contribution in [-0.2, 0) is 4.79 Å². The third kappa shape index (κ3) is 8.61. The third-order valence-electron chi connectivity index (χ3n) is 7.18. The van der Waals surface area contributed by atoms with Crippen molar-refractivity contribution in [2.75, 3.05) is 51.7 Å². The van der Waals surface area contributed by atoms with Crippen molar-refractivity contribution in [3.63, 3.8) is 0 Å². The van der Waals surface area contributed by atoms with Gasteiger partial charge in [-0.25, -0.2) is 13.2 Å². The number of hydrogen-bond donors (Lipinski definition) is 2.